The number of aryl methyl sites for hydroxylation is 1. The van der Waals surface area contributed by atoms with E-state index in [0.717, 1.165) is 12.8 Å². The van der Waals surface area contributed by atoms with Crippen molar-refractivity contribution in [1.82, 2.24) is 0 Å². The van der Waals surface area contributed by atoms with E-state index in [1.165, 1.54) is 24.1 Å². The molecule has 1 saturated heterocycles. The van der Waals surface area contributed by atoms with Gasteiger partial charge in [0.05, 0.1) is 6.17 Å². The van der Waals surface area contributed by atoms with Crippen molar-refractivity contribution in [2.45, 2.75) is 37.9 Å². The average Bonchev–Trinajstić information content (AvgIpc) is 2.60. The molecule has 3 N–H and O–H groups in total. The molecular weight excluding hydrogens is 188 g/mol. The zero-order chi connectivity index (χ0) is 10.4. The third-order valence-electron chi connectivity index (χ3n) is 3.63. The number of rotatable bonds is 0. The molecule has 0 aliphatic carbocycles. The van der Waals surface area contributed by atoms with Crippen LogP contribution in [0.3, 0.4) is 0 Å². The van der Waals surface area contributed by atoms with Gasteiger partial charge >= 0.3 is 0 Å². The molecule has 1 fully saturated rings. The Bertz CT molecular complexity index is 391. The summed E-state index contributed by atoms with van der Waals surface area (Å²) in [6, 6.07) is 6.25. The number of aromatic hydroxyl groups is 1. The molecule has 0 aromatic heterocycles. The second kappa shape index (κ2) is 3.14. The summed E-state index contributed by atoms with van der Waals surface area (Å²) in [6.07, 6.45) is 4.70. The number of hydrogen-bond acceptors (Lipinski definition) is 3. The van der Waals surface area contributed by atoms with E-state index in [1.54, 1.807) is 6.07 Å². The van der Waals surface area contributed by atoms with Gasteiger partial charge in [-0.1, -0.05) is 0 Å². The Morgan fingerprint density at radius 2 is 2.13 bits per heavy atom. The van der Waals surface area contributed by atoms with Gasteiger partial charge in [-0.25, -0.2) is 0 Å². The Labute approximate surface area is 89.5 Å². The van der Waals surface area contributed by atoms with Crippen molar-refractivity contribution in [1.29, 1.82) is 0 Å². The minimum atomic E-state index is 0.165. The molecule has 1 aromatic rings. The quantitative estimate of drug-likeness (QED) is 0.674. The molecule has 0 spiro atoms. The number of phenols is 1. The Hall–Kier alpha value is -1.22. The van der Waals surface area contributed by atoms with Crippen LogP contribution in [0.4, 0.5) is 5.69 Å². The van der Waals surface area contributed by atoms with Crippen LogP contribution >= 0.6 is 0 Å². The van der Waals surface area contributed by atoms with Gasteiger partial charge in [-0.05, 0) is 49.4 Å². The second-order valence-corrected chi connectivity index (χ2v) is 4.56. The number of nitrogens with zero attached hydrogens (tertiary/aromatic N) is 1. The van der Waals surface area contributed by atoms with Crippen molar-refractivity contribution >= 4 is 5.69 Å². The van der Waals surface area contributed by atoms with Gasteiger partial charge < -0.3 is 15.7 Å². The van der Waals surface area contributed by atoms with Gasteiger partial charge in [0.15, 0.2) is 0 Å². The van der Waals surface area contributed by atoms with Crippen molar-refractivity contribution in [3.8, 4) is 5.75 Å². The molecule has 2 heterocycles. The molecule has 3 heteroatoms. The molecule has 3 rings (SSSR count). The first-order chi connectivity index (χ1) is 7.25. The molecule has 0 bridgehead atoms. The SMILES string of the molecule is NC1CCC2CCc3cc(O)ccc3N12. The molecule has 2 atom stereocenters. The Morgan fingerprint density at radius 3 is 3.00 bits per heavy atom. The Balaban J connectivity index is 2.06. The molecule has 80 valence electrons. The third-order valence-corrected chi connectivity index (χ3v) is 3.63. The summed E-state index contributed by atoms with van der Waals surface area (Å²) >= 11 is 0. The first-order valence-electron chi connectivity index (χ1n) is 5.61. The molecule has 1 aromatic carbocycles. The van der Waals surface area contributed by atoms with Crippen molar-refractivity contribution in [2.24, 2.45) is 5.73 Å². The number of anilines is 1. The Morgan fingerprint density at radius 1 is 1.27 bits per heavy atom. The molecule has 15 heavy (non-hydrogen) atoms. The molecule has 3 nitrogen and oxygen atoms in total. The van der Waals surface area contributed by atoms with Crippen molar-refractivity contribution in [3.63, 3.8) is 0 Å². The van der Waals surface area contributed by atoms with Crippen LogP contribution in [0.15, 0.2) is 18.2 Å². The van der Waals surface area contributed by atoms with Crippen molar-refractivity contribution in [2.75, 3.05) is 4.90 Å². The van der Waals surface area contributed by atoms with Gasteiger partial charge in [0.1, 0.15) is 5.75 Å². The molecule has 2 aliphatic rings. The summed E-state index contributed by atoms with van der Waals surface area (Å²) < 4.78 is 0. The van der Waals surface area contributed by atoms with Gasteiger partial charge in [0.2, 0.25) is 0 Å². The smallest absolute Gasteiger partial charge is 0.116 e. The average molecular weight is 204 g/mol. The van der Waals surface area contributed by atoms with Crippen molar-refractivity contribution < 1.29 is 5.11 Å². The minimum absolute atomic E-state index is 0.165. The standard InChI is InChI=1S/C12H16N2O/c13-12-6-3-9-2-1-8-7-10(15)4-5-11(8)14(9)12/h4-5,7,9,12,15H,1-3,6,13H2. The first-order valence-corrected chi connectivity index (χ1v) is 5.61. The van der Waals surface area contributed by atoms with E-state index in [1.807, 2.05) is 12.1 Å². The maximum atomic E-state index is 9.44. The third kappa shape index (κ3) is 1.30. The van der Waals surface area contributed by atoms with Crippen molar-refractivity contribution in [3.05, 3.63) is 23.8 Å². The van der Waals surface area contributed by atoms with Gasteiger partial charge in [-0.3, -0.25) is 0 Å². The van der Waals surface area contributed by atoms with Crippen LogP contribution < -0.4 is 10.6 Å². The highest BCUT2D eigenvalue weighted by atomic mass is 16.3. The summed E-state index contributed by atoms with van der Waals surface area (Å²) in [6.45, 7) is 0. The van der Waals surface area contributed by atoms with Crippen LogP contribution in [0.1, 0.15) is 24.8 Å². The normalized spacial score (nSPS) is 28.7. The van der Waals surface area contributed by atoms with Crippen LogP contribution in [0.25, 0.3) is 0 Å². The maximum absolute atomic E-state index is 9.44. The van der Waals surface area contributed by atoms with E-state index in [0.29, 0.717) is 11.8 Å². The van der Waals surface area contributed by atoms with Crippen LogP contribution in [0.5, 0.6) is 5.75 Å². The highest BCUT2D eigenvalue weighted by molar-refractivity contribution is 5.60. The molecule has 0 radical (unpaired) electrons. The topological polar surface area (TPSA) is 49.5 Å². The van der Waals surface area contributed by atoms with Crippen LogP contribution in [0, 0.1) is 0 Å². The summed E-state index contributed by atoms with van der Waals surface area (Å²) in [7, 11) is 0. The van der Waals surface area contributed by atoms with Gasteiger partial charge in [-0.15, -0.1) is 0 Å². The number of fused-ring (bicyclic) bond motifs is 3. The number of nitrogens with two attached hydrogens (primary N) is 1. The highest BCUT2D eigenvalue weighted by Crippen LogP contribution is 2.39. The monoisotopic (exact) mass is 204 g/mol. The summed E-state index contributed by atoms with van der Waals surface area (Å²) in [5.74, 6) is 0.361. The van der Waals surface area contributed by atoms with E-state index in [4.69, 9.17) is 5.73 Å². The van der Waals surface area contributed by atoms with E-state index < -0.39 is 0 Å². The van der Waals surface area contributed by atoms with Crippen LogP contribution in [0.2, 0.25) is 0 Å². The molecular formula is C12H16N2O. The summed E-state index contributed by atoms with van der Waals surface area (Å²) in [4.78, 5) is 2.33. The van der Waals surface area contributed by atoms with E-state index in [9.17, 15) is 5.11 Å². The minimum Gasteiger partial charge on any atom is -0.508 e. The first kappa shape index (κ1) is 9.04. The summed E-state index contributed by atoms with van der Waals surface area (Å²) in [5.41, 5.74) is 8.58. The lowest BCUT2D eigenvalue weighted by Gasteiger charge is -2.36. The van der Waals surface area contributed by atoms with E-state index >= 15 is 0 Å². The molecule has 2 unspecified atom stereocenters. The van der Waals surface area contributed by atoms with Crippen LogP contribution in [-0.2, 0) is 6.42 Å². The van der Waals surface area contributed by atoms with E-state index in [-0.39, 0.29) is 6.17 Å². The lowest BCUT2D eigenvalue weighted by molar-refractivity contribution is 0.472. The van der Waals surface area contributed by atoms with E-state index in [2.05, 4.69) is 4.90 Å². The molecule has 0 amide bonds. The zero-order valence-electron chi connectivity index (χ0n) is 8.69. The fourth-order valence-corrected chi connectivity index (χ4v) is 2.92. The van der Waals surface area contributed by atoms with Gasteiger partial charge in [0.25, 0.3) is 0 Å². The number of hydrogen-bond donors (Lipinski definition) is 2. The summed E-state index contributed by atoms with van der Waals surface area (Å²) in [5, 5.41) is 9.44. The largest absolute Gasteiger partial charge is 0.508 e. The molecule has 0 saturated carbocycles. The molecule has 2 aliphatic heterocycles. The predicted molar refractivity (Wildman–Crippen MR) is 59.9 cm³/mol. The Kier molecular flexibility index (Phi) is 1.89. The predicted octanol–water partition coefficient (Wildman–Crippen LogP) is 1.59. The lowest BCUT2D eigenvalue weighted by Crippen LogP contribution is -2.44. The van der Waals surface area contributed by atoms with Crippen LogP contribution in [-0.4, -0.2) is 17.3 Å². The zero-order valence-corrected chi connectivity index (χ0v) is 8.69. The number of phenolic OH excluding ortho intramolecular Hbond substituents is 1. The second-order valence-electron chi connectivity index (χ2n) is 4.56. The highest BCUT2D eigenvalue weighted by Gasteiger charge is 2.35. The fourth-order valence-electron chi connectivity index (χ4n) is 2.92. The van der Waals surface area contributed by atoms with Gasteiger partial charge in [0, 0.05) is 11.7 Å². The lowest BCUT2D eigenvalue weighted by atomic mass is 9.96. The maximum Gasteiger partial charge on any atom is 0.116 e. The number of benzene rings is 1. The van der Waals surface area contributed by atoms with Gasteiger partial charge in [-0.2, -0.15) is 0 Å². The fraction of sp³-hybridized carbons (Fsp3) is 0.500.